The average molecular weight is 345 g/mol. The zero-order chi connectivity index (χ0) is 17.5. The summed E-state index contributed by atoms with van der Waals surface area (Å²) < 4.78 is 27.1. The number of hydrogen-bond acceptors (Lipinski definition) is 4. The van der Waals surface area contributed by atoms with Crippen molar-refractivity contribution in [2.45, 2.75) is 31.8 Å². The molecule has 3 N–H and O–H groups in total. The molecule has 0 saturated heterocycles. The van der Waals surface area contributed by atoms with E-state index in [0.29, 0.717) is 11.4 Å². The zero-order valence-corrected chi connectivity index (χ0v) is 14.5. The molecule has 0 radical (unpaired) electrons. The quantitative estimate of drug-likeness (QED) is 0.779. The van der Waals surface area contributed by atoms with Gasteiger partial charge in [0.05, 0.1) is 5.69 Å². The van der Waals surface area contributed by atoms with E-state index >= 15 is 0 Å². The summed E-state index contributed by atoms with van der Waals surface area (Å²) >= 11 is 0. The number of amides is 1. The highest BCUT2D eigenvalue weighted by Gasteiger charge is 2.33. The molecule has 6 nitrogen and oxygen atoms in total. The minimum Gasteiger partial charge on any atom is -0.360 e. The first-order chi connectivity index (χ1) is 11.3. The Morgan fingerprint density at radius 3 is 2.42 bits per heavy atom. The number of rotatable bonds is 2. The second kappa shape index (κ2) is 5.92. The van der Waals surface area contributed by atoms with E-state index in [1.54, 1.807) is 12.1 Å². The number of fused-ring (bicyclic) bond motifs is 1. The molecule has 1 amide bonds. The number of hydrogen-bond donors (Lipinski definition) is 3. The van der Waals surface area contributed by atoms with Crippen LogP contribution in [0.4, 0.5) is 11.4 Å². The fourth-order valence-electron chi connectivity index (χ4n) is 2.72. The number of carbonyl (C=O) groups is 1. The van der Waals surface area contributed by atoms with E-state index in [4.69, 9.17) is 0 Å². The lowest BCUT2D eigenvalue weighted by Gasteiger charge is -2.27. The number of carbonyl (C=O) groups excluding carboxylic acids is 1. The molecule has 0 fully saturated rings. The predicted molar refractivity (Wildman–Crippen MR) is 93.5 cm³/mol. The highest BCUT2D eigenvalue weighted by atomic mass is 32.2. The summed E-state index contributed by atoms with van der Waals surface area (Å²) in [5.41, 5.74) is 3.86. The summed E-state index contributed by atoms with van der Waals surface area (Å²) in [6.07, 6.45) is -1.07. The molecule has 2 aromatic carbocycles. The molecule has 1 heterocycles. The molecule has 126 valence electrons. The molecule has 1 atom stereocenters. The lowest BCUT2D eigenvalue weighted by Crippen LogP contribution is -2.51. The fraction of sp³-hybridized carbons (Fsp3) is 0.235. The van der Waals surface area contributed by atoms with E-state index in [1.807, 2.05) is 39.0 Å². The molecular weight excluding hydrogens is 326 g/mol. The van der Waals surface area contributed by atoms with Crippen molar-refractivity contribution in [1.29, 1.82) is 0 Å². The minimum atomic E-state index is -3.74. The third-order valence-electron chi connectivity index (χ3n) is 3.99. The van der Waals surface area contributed by atoms with Gasteiger partial charge in [0.25, 0.3) is 5.91 Å². The smallest absolute Gasteiger partial charge is 0.262 e. The predicted octanol–water partition coefficient (Wildman–Crippen LogP) is 2.28. The van der Waals surface area contributed by atoms with Crippen LogP contribution in [-0.4, -0.2) is 20.5 Å². The van der Waals surface area contributed by atoms with Crippen molar-refractivity contribution >= 4 is 27.3 Å². The Bertz CT molecular complexity index is 902. The van der Waals surface area contributed by atoms with Gasteiger partial charge < -0.3 is 10.6 Å². The lowest BCUT2D eigenvalue weighted by atomic mass is 10.1. The van der Waals surface area contributed by atoms with Gasteiger partial charge in [-0.3, -0.25) is 4.79 Å². The van der Waals surface area contributed by atoms with Crippen LogP contribution in [0, 0.1) is 20.8 Å². The van der Waals surface area contributed by atoms with Crippen LogP contribution in [0.25, 0.3) is 0 Å². The van der Waals surface area contributed by atoms with E-state index in [-0.39, 0.29) is 4.90 Å². The second-order valence-electron chi connectivity index (χ2n) is 5.95. The van der Waals surface area contributed by atoms with Crippen LogP contribution in [0.2, 0.25) is 0 Å². The van der Waals surface area contributed by atoms with Gasteiger partial charge in [0.2, 0.25) is 10.0 Å². The molecule has 1 aliphatic heterocycles. The Hall–Kier alpha value is -2.38. The molecule has 3 rings (SSSR count). The average Bonchev–Trinajstić information content (AvgIpc) is 2.49. The van der Waals surface area contributed by atoms with Gasteiger partial charge in [-0.25, -0.2) is 8.42 Å². The van der Waals surface area contributed by atoms with Gasteiger partial charge in [-0.2, -0.15) is 4.72 Å². The topological polar surface area (TPSA) is 87.3 Å². The van der Waals surface area contributed by atoms with Gasteiger partial charge >= 0.3 is 0 Å². The summed E-state index contributed by atoms with van der Waals surface area (Å²) in [5.74, 6) is -0.455. The number of para-hydroxylation sites is 1. The Labute approximate surface area is 141 Å². The van der Waals surface area contributed by atoms with E-state index in [9.17, 15) is 13.2 Å². The maximum absolute atomic E-state index is 12.6. The first-order valence-corrected chi connectivity index (χ1v) is 9.03. The Morgan fingerprint density at radius 1 is 1.08 bits per heavy atom. The molecule has 0 spiro atoms. The second-order valence-corrected chi connectivity index (χ2v) is 7.64. The standard InChI is InChI=1S/C17H19N3O3S/c1-10-7-8-14-13(9-10)18-16(20-24(14,22)23)17(21)19-15-11(2)5-4-6-12(15)3/h4-9,16,18,20H,1-3H3,(H,19,21)/t16-/m0/s1. The molecule has 24 heavy (non-hydrogen) atoms. The Kier molecular flexibility index (Phi) is 4.06. The van der Waals surface area contributed by atoms with E-state index in [2.05, 4.69) is 15.4 Å². The van der Waals surface area contributed by atoms with E-state index < -0.39 is 22.1 Å². The van der Waals surface area contributed by atoms with Crippen molar-refractivity contribution in [2.75, 3.05) is 10.6 Å². The number of nitrogens with one attached hydrogen (secondary N) is 3. The van der Waals surface area contributed by atoms with Crippen LogP contribution in [0.1, 0.15) is 16.7 Å². The highest BCUT2D eigenvalue weighted by Crippen LogP contribution is 2.27. The number of sulfonamides is 1. The zero-order valence-electron chi connectivity index (χ0n) is 13.7. The van der Waals surface area contributed by atoms with Crippen LogP contribution >= 0.6 is 0 Å². The van der Waals surface area contributed by atoms with Crippen LogP contribution in [0.3, 0.4) is 0 Å². The third kappa shape index (κ3) is 3.00. The number of benzene rings is 2. The summed E-state index contributed by atoms with van der Waals surface area (Å²) in [6.45, 7) is 5.64. The summed E-state index contributed by atoms with van der Waals surface area (Å²) in [7, 11) is -3.74. The normalized spacial score (nSPS) is 18.4. The van der Waals surface area contributed by atoms with Gasteiger partial charge in [0, 0.05) is 5.69 Å². The summed E-state index contributed by atoms with van der Waals surface area (Å²) in [5, 5.41) is 5.75. The summed E-state index contributed by atoms with van der Waals surface area (Å²) in [6, 6.07) is 10.6. The van der Waals surface area contributed by atoms with Crippen molar-refractivity contribution in [1.82, 2.24) is 4.72 Å². The van der Waals surface area contributed by atoms with Gasteiger partial charge in [0.1, 0.15) is 4.90 Å². The first-order valence-electron chi connectivity index (χ1n) is 7.54. The van der Waals surface area contributed by atoms with Gasteiger partial charge in [-0.05, 0) is 49.6 Å². The third-order valence-corrected chi connectivity index (χ3v) is 5.47. The summed E-state index contributed by atoms with van der Waals surface area (Å²) in [4.78, 5) is 12.7. The van der Waals surface area contributed by atoms with Crippen molar-refractivity contribution in [3.63, 3.8) is 0 Å². The molecule has 1 aliphatic rings. The fourth-order valence-corrected chi connectivity index (χ4v) is 3.98. The minimum absolute atomic E-state index is 0.143. The number of anilines is 2. The molecule has 2 aromatic rings. The maximum atomic E-state index is 12.6. The molecule has 0 bridgehead atoms. The number of aryl methyl sites for hydroxylation is 3. The van der Waals surface area contributed by atoms with Crippen molar-refractivity contribution in [3.05, 3.63) is 53.1 Å². The van der Waals surface area contributed by atoms with Gasteiger partial charge in [-0.15, -0.1) is 0 Å². The Balaban J connectivity index is 1.90. The first kappa shape index (κ1) is 16.5. The van der Waals surface area contributed by atoms with Crippen molar-refractivity contribution < 1.29 is 13.2 Å². The van der Waals surface area contributed by atoms with Crippen LogP contribution in [0.15, 0.2) is 41.3 Å². The van der Waals surface area contributed by atoms with E-state index in [1.165, 1.54) is 6.07 Å². The van der Waals surface area contributed by atoms with Crippen molar-refractivity contribution in [3.8, 4) is 0 Å². The molecule has 0 aliphatic carbocycles. The van der Waals surface area contributed by atoms with Crippen LogP contribution in [0.5, 0.6) is 0 Å². The Morgan fingerprint density at radius 2 is 1.75 bits per heavy atom. The maximum Gasteiger partial charge on any atom is 0.262 e. The molecule has 0 unspecified atom stereocenters. The molecular formula is C17H19N3O3S. The molecule has 0 aromatic heterocycles. The van der Waals surface area contributed by atoms with E-state index in [0.717, 1.165) is 16.7 Å². The highest BCUT2D eigenvalue weighted by molar-refractivity contribution is 7.89. The van der Waals surface area contributed by atoms with Crippen LogP contribution in [-0.2, 0) is 14.8 Å². The van der Waals surface area contributed by atoms with Gasteiger partial charge in [-0.1, -0.05) is 24.3 Å². The van der Waals surface area contributed by atoms with Crippen LogP contribution < -0.4 is 15.4 Å². The van der Waals surface area contributed by atoms with Gasteiger partial charge in [0.15, 0.2) is 6.17 Å². The lowest BCUT2D eigenvalue weighted by molar-refractivity contribution is -0.117. The van der Waals surface area contributed by atoms with Crippen molar-refractivity contribution in [2.24, 2.45) is 0 Å². The molecule has 0 saturated carbocycles. The molecule has 7 heteroatoms. The SMILES string of the molecule is Cc1ccc2c(c1)N[C@H](C(=O)Nc1c(C)cccc1C)NS2(=O)=O. The largest absolute Gasteiger partial charge is 0.360 e. The monoisotopic (exact) mass is 345 g/mol.